The van der Waals surface area contributed by atoms with E-state index in [9.17, 15) is 0 Å². The first kappa shape index (κ1) is 14.8. The van der Waals surface area contributed by atoms with Gasteiger partial charge in [-0.15, -0.1) is 0 Å². The summed E-state index contributed by atoms with van der Waals surface area (Å²) in [4.78, 5) is 4.15. The van der Waals surface area contributed by atoms with Crippen molar-refractivity contribution in [2.75, 3.05) is 32.4 Å². The third kappa shape index (κ3) is 3.47. The fourth-order valence-corrected chi connectivity index (χ4v) is 1.88. The lowest BCUT2D eigenvalue weighted by Crippen LogP contribution is -2.04. The van der Waals surface area contributed by atoms with Gasteiger partial charge in [0, 0.05) is 30.9 Å². The molecule has 0 aliphatic heterocycles. The van der Waals surface area contributed by atoms with Gasteiger partial charge in [0.15, 0.2) is 11.5 Å². The number of hydrogen-bond donors (Lipinski definition) is 2. The highest BCUT2D eigenvalue weighted by molar-refractivity contribution is 5.72. The predicted molar refractivity (Wildman–Crippen MR) is 82.1 cm³/mol. The molecule has 0 amide bonds. The number of nitrogens with zero attached hydrogens (tertiary/aromatic N) is 1. The van der Waals surface area contributed by atoms with E-state index in [4.69, 9.17) is 19.9 Å². The van der Waals surface area contributed by atoms with Gasteiger partial charge >= 0.3 is 0 Å². The number of methoxy groups -OCH3 is 3. The number of hydrogen-bond acceptors (Lipinski definition) is 6. The number of nitrogen functional groups attached to an aromatic ring is 1. The van der Waals surface area contributed by atoms with Gasteiger partial charge in [-0.3, -0.25) is 0 Å². The Morgan fingerprint density at radius 2 is 1.76 bits per heavy atom. The topological polar surface area (TPSA) is 78.6 Å². The number of ether oxygens (including phenoxy) is 3. The van der Waals surface area contributed by atoms with Crippen molar-refractivity contribution in [2.24, 2.45) is 0 Å². The second-order valence-electron chi connectivity index (χ2n) is 4.36. The van der Waals surface area contributed by atoms with Gasteiger partial charge < -0.3 is 25.3 Å². The van der Waals surface area contributed by atoms with Gasteiger partial charge in [0.25, 0.3) is 0 Å². The molecular weight excluding hydrogens is 270 g/mol. The van der Waals surface area contributed by atoms with Gasteiger partial charge in [-0.2, -0.15) is 0 Å². The standard InChI is InChI=1S/C15H19N3O3/c1-19-13-6-11(16)12(7-14(13)20-2)17-8-10-4-5-15(21-3)18-9-10/h4-7,9,17H,8,16H2,1-3H3. The van der Waals surface area contributed by atoms with Gasteiger partial charge in [0.1, 0.15) is 0 Å². The van der Waals surface area contributed by atoms with Crippen molar-refractivity contribution >= 4 is 11.4 Å². The van der Waals surface area contributed by atoms with Crippen LogP contribution in [-0.4, -0.2) is 26.3 Å². The predicted octanol–water partition coefficient (Wildman–Crippen LogP) is 2.30. The highest BCUT2D eigenvalue weighted by Gasteiger charge is 2.09. The lowest BCUT2D eigenvalue weighted by molar-refractivity contribution is 0.355. The van der Waals surface area contributed by atoms with Gasteiger partial charge in [-0.25, -0.2) is 4.98 Å². The third-order valence-electron chi connectivity index (χ3n) is 3.05. The maximum atomic E-state index is 6.00. The number of anilines is 2. The second-order valence-corrected chi connectivity index (χ2v) is 4.36. The van der Waals surface area contributed by atoms with E-state index < -0.39 is 0 Å². The molecule has 21 heavy (non-hydrogen) atoms. The van der Waals surface area contributed by atoms with Crippen LogP contribution in [0.15, 0.2) is 30.5 Å². The first-order chi connectivity index (χ1) is 10.2. The van der Waals surface area contributed by atoms with Crippen molar-refractivity contribution in [2.45, 2.75) is 6.54 Å². The van der Waals surface area contributed by atoms with Gasteiger partial charge in [0.2, 0.25) is 5.88 Å². The number of pyridine rings is 1. The van der Waals surface area contributed by atoms with E-state index in [2.05, 4.69) is 10.3 Å². The number of benzene rings is 1. The van der Waals surface area contributed by atoms with E-state index in [1.165, 1.54) is 0 Å². The molecule has 1 heterocycles. The van der Waals surface area contributed by atoms with Crippen LogP contribution < -0.4 is 25.3 Å². The minimum atomic E-state index is 0.587. The van der Waals surface area contributed by atoms with Crippen molar-refractivity contribution in [3.8, 4) is 17.4 Å². The maximum absolute atomic E-state index is 6.00. The summed E-state index contributed by atoms with van der Waals surface area (Å²) in [5.41, 5.74) is 8.39. The molecule has 0 saturated heterocycles. The summed E-state index contributed by atoms with van der Waals surface area (Å²) in [6.07, 6.45) is 1.75. The van der Waals surface area contributed by atoms with E-state index >= 15 is 0 Å². The van der Waals surface area contributed by atoms with Gasteiger partial charge in [-0.05, 0) is 5.56 Å². The number of nitrogens with one attached hydrogen (secondary N) is 1. The first-order valence-corrected chi connectivity index (χ1v) is 6.42. The van der Waals surface area contributed by atoms with Crippen LogP contribution in [-0.2, 0) is 6.54 Å². The molecule has 0 saturated carbocycles. The fourth-order valence-electron chi connectivity index (χ4n) is 1.88. The highest BCUT2D eigenvalue weighted by atomic mass is 16.5. The molecule has 0 aliphatic rings. The molecule has 0 atom stereocenters. The second kappa shape index (κ2) is 6.69. The fraction of sp³-hybridized carbons (Fsp3) is 0.267. The monoisotopic (exact) mass is 289 g/mol. The molecule has 2 rings (SSSR count). The number of rotatable bonds is 6. The minimum absolute atomic E-state index is 0.587. The molecule has 0 bridgehead atoms. The molecule has 0 unspecified atom stereocenters. The SMILES string of the molecule is COc1ccc(CNc2cc(OC)c(OC)cc2N)cn1. The molecule has 0 aliphatic carbocycles. The summed E-state index contributed by atoms with van der Waals surface area (Å²) >= 11 is 0. The minimum Gasteiger partial charge on any atom is -0.493 e. The summed E-state index contributed by atoms with van der Waals surface area (Å²) in [5.74, 6) is 1.82. The Morgan fingerprint density at radius 1 is 1.05 bits per heavy atom. The zero-order chi connectivity index (χ0) is 15.2. The largest absolute Gasteiger partial charge is 0.493 e. The zero-order valence-electron chi connectivity index (χ0n) is 12.3. The van der Waals surface area contributed by atoms with E-state index in [1.54, 1.807) is 33.6 Å². The van der Waals surface area contributed by atoms with Crippen LogP contribution in [0.25, 0.3) is 0 Å². The van der Waals surface area contributed by atoms with Crippen LogP contribution in [0.4, 0.5) is 11.4 Å². The lowest BCUT2D eigenvalue weighted by Gasteiger charge is -2.14. The normalized spacial score (nSPS) is 10.0. The molecule has 0 spiro atoms. The van der Waals surface area contributed by atoms with Crippen molar-refractivity contribution in [3.63, 3.8) is 0 Å². The summed E-state index contributed by atoms with van der Waals surface area (Å²) in [6.45, 7) is 0.594. The van der Waals surface area contributed by atoms with Gasteiger partial charge in [0.05, 0.1) is 32.7 Å². The van der Waals surface area contributed by atoms with Crippen molar-refractivity contribution in [1.82, 2.24) is 4.98 Å². The Bertz CT molecular complexity index is 600. The average Bonchev–Trinajstić information content (AvgIpc) is 2.53. The summed E-state index contributed by atoms with van der Waals surface area (Å²) in [6, 6.07) is 7.29. The first-order valence-electron chi connectivity index (χ1n) is 6.42. The van der Waals surface area contributed by atoms with Crippen molar-refractivity contribution < 1.29 is 14.2 Å². The Kier molecular flexibility index (Phi) is 4.71. The number of aromatic nitrogens is 1. The Hall–Kier alpha value is -2.63. The van der Waals surface area contributed by atoms with E-state index in [-0.39, 0.29) is 0 Å². The van der Waals surface area contributed by atoms with E-state index in [0.29, 0.717) is 29.6 Å². The molecule has 2 aromatic rings. The molecule has 3 N–H and O–H groups in total. The van der Waals surface area contributed by atoms with Gasteiger partial charge in [-0.1, -0.05) is 6.07 Å². The average molecular weight is 289 g/mol. The quantitative estimate of drug-likeness (QED) is 0.794. The Morgan fingerprint density at radius 3 is 2.33 bits per heavy atom. The Labute approximate surface area is 123 Å². The molecule has 1 aromatic carbocycles. The zero-order valence-corrected chi connectivity index (χ0v) is 12.3. The van der Waals surface area contributed by atoms with Crippen molar-refractivity contribution in [1.29, 1.82) is 0 Å². The third-order valence-corrected chi connectivity index (χ3v) is 3.05. The van der Waals surface area contributed by atoms with Crippen LogP contribution in [0.5, 0.6) is 17.4 Å². The Balaban J connectivity index is 2.11. The maximum Gasteiger partial charge on any atom is 0.212 e. The number of nitrogens with two attached hydrogens (primary N) is 1. The lowest BCUT2D eigenvalue weighted by atomic mass is 10.2. The molecule has 6 nitrogen and oxygen atoms in total. The molecular formula is C15H19N3O3. The molecule has 0 radical (unpaired) electrons. The van der Waals surface area contributed by atoms with Crippen LogP contribution >= 0.6 is 0 Å². The highest BCUT2D eigenvalue weighted by Crippen LogP contribution is 2.34. The van der Waals surface area contributed by atoms with E-state index in [1.807, 2.05) is 18.2 Å². The molecule has 1 aromatic heterocycles. The molecule has 6 heteroatoms. The van der Waals surface area contributed by atoms with Crippen LogP contribution in [0.2, 0.25) is 0 Å². The molecule has 0 fully saturated rings. The smallest absolute Gasteiger partial charge is 0.212 e. The van der Waals surface area contributed by atoms with E-state index in [0.717, 1.165) is 11.3 Å². The van der Waals surface area contributed by atoms with Crippen LogP contribution in [0.1, 0.15) is 5.56 Å². The summed E-state index contributed by atoms with van der Waals surface area (Å²) in [5, 5.41) is 3.25. The molecule has 112 valence electrons. The summed E-state index contributed by atoms with van der Waals surface area (Å²) in [7, 11) is 4.75. The van der Waals surface area contributed by atoms with Crippen LogP contribution in [0.3, 0.4) is 0 Å². The van der Waals surface area contributed by atoms with Crippen molar-refractivity contribution in [3.05, 3.63) is 36.0 Å². The van der Waals surface area contributed by atoms with Crippen LogP contribution in [0, 0.1) is 0 Å². The summed E-state index contributed by atoms with van der Waals surface area (Å²) < 4.78 is 15.5.